The maximum absolute atomic E-state index is 12.3. The van der Waals surface area contributed by atoms with Crippen LogP contribution in [0.4, 0.5) is 0 Å². The van der Waals surface area contributed by atoms with Gasteiger partial charge in [0.25, 0.3) is 5.91 Å². The van der Waals surface area contributed by atoms with E-state index in [1.165, 1.54) is 0 Å². The Morgan fingerprint density at radius 2 is 1.68 bits per heavy atom. The number of benzene rings is 2. The second-order valence-corrected chi connectivity index (χ2v) is 7.43. The second kappa shape index (κ2) is 8.48. The molecular formula is C21H20BrN3O3. The second-order valence-electron chi connectivity index (χ2n) is 6.51. The van der Waals surface area contributed by atoms with Gasteiger partial charge < -0.3 is 10.1 Å². The average molecular weight is 442 g/mol. The molecule has 0 bridgehead atoms. The third-order valence-corrected chi connectivity index (χ3v) is 4.92. The fourth-order valence-electron chi connectivity index (χ4n) is 2.69. The largest absolute Gasteiger partial charge is 0.452 e. The number of nitrogens with one attached hydrogen (secondary N) is 1. The van der Waals surface area contributed by atoms with Crippen LogP contribution in [0.2, 0.25) is 0 Å². The summed E-state index contributed by atoms with van der Waals surface area (Å²) in [6, 6.07) is 12.4. The van der Waals surface area contributed by atoms with E-state index in [-0.39, 0.29) is 18.6 Å². The van der Waals surface area contributed by atoms with Crippen molar-refractivity contribution in [1.29, 1.82) is 0 Å². The zero-order valence-electron chi connectivity index (χ0n) is 15.8. The van der Waals surface area contributed by atoms with Gasteiger partial charge in [0, 0.05) is 4.47 Å². The molecule has 1 unspecified atom stereocenters. The highest BCUT2D eigenvalue weighted by atomic mass is 79.9. The van der Waals surface area contributed by atoms with Crippen molar-refractivity contribution < 1.29 is 14.3 Å². The molecule has 6 nitrogen and oxygen atoms in total. The Morgan fingerprint density at radius 3 is 2.36 bits per heavy atom. The normalized spacial score (nSPS) is 11.9. The molecule has 0 fully saturated rings. The number of rotatable bonds is 5. The number of nitrogens with zero attached hydrogens (tertiary/aromatic N) is 2. The third kappa shape index (κ3) is 4.72. The van der Waals surface area contributed by atoms with Gasteiger partial charge in [0.05, 0.1) is 34.0 Å². The minimum atomic E-state index is -0.576. The Kier molecular flexibility index (Phi) is 6.04. The van der Waals surface area contributed by atoms with Crippen LogP contribution in [0.3, 0.4) is 0 Å². The Balaban J connectivity index is 1.60. The summed E-state index contributed by atoms with van der Waals surface area (Å²) in [6.45, 7) is 5.27. The van der Waals surface area contributed by atoms with Crippen molar-refractivity contribution in [2.45, 2.75) is 26.8 Å². The van der Waals surface area contributed by atoms with Gasteiger partial charge in [-0.25, -0.2) is 14.8 Å². The molecule has 28 heavy (non-hydrogen) atoms. The molecule has 0 radical (unpaired) electrons. The summed E-state index contributed by atoms with van der Waals surface area (Å²) < 4.78 is 6.11. The first-order valence-corrected chi connectivity index (χ1v) is 9.60. The van der Waals surface area contributed by atoms with Crippen LogP contribution < -0.4 is 5.32 Å². The highest BCUT2D eigenvalue weighted by Crippen LogP contribution is 2.17. The molecule has 3 rings (SSSR count). The quantitative estimate of drug-likeness (QED) is 0.604. The van der Waals surface area contributed by atoms with E-state index in [1.807, 2.05) is 45.0 Å². The van der Waals surface area contributed by atoms with E-state index in [2.05, 4.69) is 31.2 Å². The molecule has 2 aromatic carbocycles. The van der Waals surface area contributed by atoms with Crippen LogP contribution in [0.25, 0.3) is 11.0 Å². The predicted octanol–water partition coefficient (Wildman–Crippen LogP) is 4.04. The lowest BCUT2D eigenvalue weighted by molar-refractivity contribution is -0.124. The van der Waals surface area contributed by atoms with Gasteiger partial charge in [0.2, 0.25) is 0 Å². The van der Waals surface area contributed by atoms with Crippen molar-refractivity contribution in [1.82, 2.24) is 15.3 Å². The smallest absolute Gasteiger partial charge is 0.338 e. The van der Waals surface area contributed by atoms with Crippen LogP contribution in [-0.4, -0.2) is 28.5 Å². The molecule has 0 aliphatic rings. The topological polar surface area (TPSA) is 81.2 Å². The summed E-state index contributed by atoms with van der Waals surface area (Å²) in [6.07, 6.45) is 0. The Morgan fingerprint density at radius 1 is 1.04 bits per heavy atom. The SMILES string of the molecule is Cc1nc2ccc(C(=O)OCC(=O)NC(C)c3ccc(Br)cc3)cc2nc1C. The number of fused-ring (bicyclic) bond motifs is 1. The predicted molar refractivity (Wildman–Crippen MR) is 110 cm³/mol. The van der Waals surface area contributed by atoms with Gasteiger partial charge in [0.15, 0.2) is 6.61 Å². The summed E-state index contributed by atoms with van der Waals surface area (Å²) in [5.41, 5.74) is 4.27. The van der Waals surface area contributed by atoms with E-state index in [9.17, 15) is 9.59 Å². The standard InChI is InChI=1S/C21H20BrN3O3/c1-12-13(2)24-19-10-16(6-9-18(19)23-12)21(27)28-11-20(26)25-14(3)15-4-7-17(22)8-5-15/h4-10,14H,11H2,1-3H3,(H,25,26). The Hall–Kier alpha value is -2.80. The van der Waals surface area contributed by atoms with E-state index in [1.54, 1.807) is 18.2 Å². The summed E-state index contributed by atoms with van der Waals surface area (Å²) in [7, 11) is 0. The first-order valence-electron chi connectivity index (χ1n) is 8.80. The molecule has 1 atom stereocenters. The number of aromatic nitrogens is 2. The van der Waals surface area contributed by atoms with Gasteiger partial charge >= 0.3 is 5.97 Å². The number of amides is 1. The summed E-state index contributed by atoms with van der Waals surface area (Å²) in [4.78, 5) is 33.3. The fourth-order valence-corrected chi connectivity index (χ4v) is 2.95. The lowest BCUT2D eigenvalue weighted by Gasteiger charge is -2.14. The molecular weight excluding hydrogens is 422 g/mol. The molecule has 0 saturated carbocycles. The molecule has 3 aromatic rings. The lowest BCUT2D eigenvalue weighted by atomic mass is 10.1. The molecule has 0 aliphatic heterocycles. The van der Waals surface area contributed by atoms with Crippen LogP contribution >= 0.6 is 15.9 Å². The monoisotopic (exact) mass is 441 g/mol. The molecule has 0 saturated heterocycles. The van der Waals surface area contributed by atoms with E-state index < -0.39 is 5.97 Å². The number of aryl methyl sites for hydroxylation is 2. The van der Waals surface area contributed by atoms with E-state index in [0.29, 0.717) is 16.6 Å². The van der Waals surface area contributed by atoms with Gasteiger partial charge in [-0.2, -0.15) is 0 Å². The first-order chi connectivity index (χ1) is 13.3. The van der Waals surface area contributed by atoms with Crippen LogP contribution in [0, 0.1) is 13.8 Å². The summed E-state index contributed by atoms with van der Waals surface area (Å²) in [5, 5.41) is 2.81. The van der Waals surface area contributed by atoms with Crippen LogP contribution in [0.1, 0.15) is 40.3 Å². The van der Waals surface area contributed by atoms with E-state index in [4.69, 9.17) is 4.74 Å². The average Bonchev–Trinajstić information content (AvgIpc) is 2.67. The molecule has 1 amide bonds. The van der Waals surface area contributed by atoms with Gasteiger partial charge in [-0.1, -0.05) is 28.1 Å². The number of hydrogen-bond acceptors (Lipinski definition) is 5. The van der Waals surface area contributed by atoms with E-state index in [0.717, 1.165) is 21.4 Å². The van der Waals surface area contributed by atoms with Crippen LogP contribution in [-0.2, 0) is 9.53 Å². The summed E-state index contributed by atoms with van der Waals surface area (Å²) >= 11 is 3.38. The van der Waals surface area contributed by atoms with Crippen molar-refractivity contribution >= 4 is 38.8 Å². The van der Waals surface area contributed by atoms with Gasteiger partial charge in [-0.3, -0.25) is 4.79 Å². The number of carbonyl (C=O) groups is 2. The van der Waals surface area contributed by atoms with Gasteiger partial charge in [-0.05, 0) is 56.7 Å². The number of hydrogen-bond donors (Lipinski definition) is 1. The molecule has 0 spiro atoms. The zero-order chi connectivity index (χ0) is 20.3. The van der Waals surface area contributed by atoms with Crippen molar-refractivity contribution in [3.8, 4) is 0 Å². The molecule has 144 valence electrons. The van der Waals surface area contributed by atoms with Crippen LogP contribution in [0.15, 0.2) is 46.9 Å². The third-order valence-electron chi connectivity index (χ3n) is 4.39. The lowest BCUT2D eigenvalue weighted by Crippen LogP contribution is -2.31. The highest BCUT2D eigenvalue weighted by molar-refractivity contribution is 9.10. The number of halogens is 1. The van der Waals surface area contributed by atoms with Gasteiger partial charge in [0.1, 0.15) is 0 Å². The Labute approximate surface area is 171 Å². The van der Waals surface area contributed by atoms with Gasteiger partial charge in [-0.15, -0.1) is 0 Å². The maximum atomic E-state index is 12.3. The summed E-state index contributed by atoms with van der Waals surface area (Å²) in [5.74, 6) is -0.941. The molecule has 7 heteroatoms. The van der Waals surface area contributed by atoms with Crippen molar-refractivity contribution in [3.05, 3.63) is 69.5 Å². The number of carbonyl (C=O) groups excluding carboxylic acids is 2. The Bertz CT molecular complexity index is 1030. The molecule has 0 aliphatic carbocycles. The molecule has 1 heterocycles. The van der Waals surface area contributed by atoms with E-state index >= 15 is 0 Å². The number of esters is 1. The van der Waals surface area contributed by atoms with Crippen molar-refractivity contribution in [2.75, 3.05) is 6.61 Å². The minimum Gasteiger partial charge on any atom is -0.452 e. The van der Waals surface area contributed by atoms with Crippen LogP contribution in [0.5, 0.6) is 0 Å². The molecule has 1 aromatic heterocycles. The van der Waals surface area contributed by atoms with Crippen molar-refractivity contribution in [2.24, 2.45) is 0 Å². The zero-order valence-corrected chi connectivity index (χ0v) is 17.4. The first kappa shape index (κ1) is 19.9. The number of ether oxygens (including phenoxy) is 1. The molecule has 1 N–H and O–H groups in total. The van der Waals surface area contributed by atoms with Crippen molar-refractivity contribution in [3.63, 3.8) is 0 Å². The minimum absolute atomic E-state index is 0.193. The maximum Gasteiger partial charge on any atom is 0.338 e. The fraction of sp³-hybridized carbons (Fsp3) is 0.238. The highest BCUT2D eigenvalue weighted by Gasteiger charge is 2.14.